The molecule has 25 heavy (non-hydrogen) atoms. The van der Waals surface area contributed by atoms with Gasteiger partial charge in [0.1, 0.15) is 0 Å². The Hall–Kier alpha value is -2.37. The van der Waals surface area contributed by atoms with Crippen molar-refractivity contribution in [2.24, 2.45) is 0 Å². The fourth-order valence-electron chi connectivity index (χ4n) is 2.51. The van der Waals surface area contributed by atoms with Crippen LogP contribution in [-0.2, 0) is 10.1 Å². The van der Waals surface area contributed by atoms with Gasteiger partial charge in [-0.05, 0) is 43.4 Å². The zero-order valence-electron chi connectivity index (χ0n) is 14.0. The molecule has 1 aliphatic carbocycles. The van der Waals surface area contributed by atoms with Crippen LogP contribution in [0.1, 0.15) is 18.4 Å². The van der Waals surface area contributed by atoms with Crippen LogP contribution in [0.25, 0.3) is 10.8 Å². The van der Waals surface area contributed by atoms with Gasteiger partial charge in [-0.2, -0.15) is 8.42 Å². The van der Waals surface area contributed by atoms with Crippen LogP contribution >= 0.6 is 0 Å². The molecule has 4 nitrogen and oxygen atoms in total. The summed E-state index contributed by atoms with van der Waals surface area (Å²) in [6.07, 6.45) is 2.65. The highest BCUT2D eigenvalue weighted by Gasteiger charge is 2.21. The summed E-state index contributed by atoms with van der Waals surface area (Å²) >= 11 is 0. The summed E-state index contributed by atoms with van der Waals surface area (Å²) in [4.78, 5) is -0.0666. The Morgan fingerprint density at radius 1 is 0.920 bits per heavy atom. The van der Waals surface area contributed by atoms with E-state index in [0.717, 1.165) is 11.6 Å². The highest BCUT2D eigenvalue weighted by molar-refractivity contribution is 7.85. The average molecular weight is 355 g/mol. The molecule has 0 atom stereocenters. The maximum atomic E-state index is 10.5. The quantitative estimate of drug-likeness (QED) is 0.671. The Morgan fingerprint density at radius 3 is 2.20 bits per heavy atom. The fourth-order valence-corrected chi connectivity index (χ4v) is 2.99. The maximum Gasteiger partial charge on any atom is 0.294 e. The minimum absolute atomic E-state index is 0.0666. The SMILES string of the molecule is Cc1ccc(S(=O)(=O)O)cc1.c1ccc2c(NC3CC3)cccc2c1. The molecule has 1 saturated carbocycles. The predicted molar refractivity (Wildman–Crippen MR) is 102 cm³/mol. The summed E-state index contributed by atoms with van der Waals surface area (Å²) in [5.74, 6) is 0. The summed E-state index contributed by atoms with van der Waals surface area (Å²) < 4.78 is 29.6. The van der Waals surface area contributed by atoms with E-state index in [9.17, 15) is 8.42 Å². The third-order valence-corrected chi connectivity index (χ3v) is 4.91. The van der Waals surface area contributed by atoms with E-state index in [2.05, 4.69) is 47.8 Å². The first-order chi connectivity index (χ1) is 11.9. The summed E-state index contributed by atoms with van der Waals surface area (Å²) in [7, 11) is -4.02. The third-order valence-electron chi connectivity index (χ3n) is 4.05. The third kappa shape index (κ3) is 4.81. The van der Waals surface area contributed by atoms with E-state index >= 15 is 0 Å². The Bertz CT molecular complexity index is 956. The molecule has 2 N–H and O–H groups in total. The van der Waals surface area contributed by atoms with Crippen molar-refractivity contribution in [2.45, 2.75) is 30.7 Å². The van der Waals surface area contributed by atoms with Gasteiger partial charge >= 0.3 is 0 Å². The van der Waals surface area contributed by atoms with Crippen molar-refractivity contribution in [2.75, 3.05) is 5.32 Å². The topological polar surface area (TPSA) is 66.4 Å². The molecule has 4 rings (SSSR count). The van der Waals surface area contributed by atoms with Crippen LogP contribution in [0, 0.1) is 6.92 Å². The van der Waals surface area contributed by atoms with Crippen molar-refractivity contribution < 1.29 is 13.0 Å². The number of anilines is 1. The van der Waals surface area contributed by atoms with Crippen LogP contribution in [0.15, 0.2) is 71.6 Å². The number of benzene rings is 3. The Kier molecular flexibility index (Phi) is 5.06. The molecule has 1 fully saturated rings. The van der Waals surface area contributed by atoms with Crippen molar-refractivity contribution >= 4 is 26.6 Å². The first-order valence-electron chi connectivity index (χ1n) is 8.22. The number of hydrogen-bond donors (Lipinski definition) is 2. The molecule has 0 aliphatic heterocycles. The highest BCUT2D eigenvalue weighted by atomic mass is 32.2. The van der Waals surface area contributed by atoms with E-state index in [1.54, 1.807) is 12.1 Å². The molecule has 3 aromatic rings. The first-order valence-corrected chi connectivity index (χ1v) is 9.66. The lowest BCUT2D eigenvalue weighted by Gasteiger charge is -2.07. The normalized spacial score (nSPS) is 13.8. The van der Waals surface area contributed by atoms with Crippen molar-refractivity contribution in [3.8, 4) is 0 Å². The highest BCUT2D eigenvalue weighted by Crippen LogP contribution is 2.29. The lowest BCUT2D eigenvalue weighted by Crippen LogP contribution is -2.00. The van der Waals surface area contributed by atoms with Crippen LogP contribution in [-0.4, -0.2) is 19.0 Å². The van der Waals surface area contributed by atoms with E-state index in [1.807, 2.05) is 6.92 Å². The molecule has 0 spiro atoms. The molecule has 3 aromatic carbocycles. The van der Waals surface area contributed by atoms with Gasteiger partial charge in [-0.3, -0.25) is 4.55 Å². The Labute approximate surface area is 148 Å². The molecule has 5 heteroatoms. The molecular formula is C20H21NO3S. The van der Waals surface area contributed by atoms with Gasteiger partial charge in [-0.15, -0.1) is 0 Å². The molecule has 0 radical (unpaired) electrons. The number of fused-ring (bicyclic) bond motifs is 1. The van der Waals surface area contributed by atoms with Crippen molar-refractivity contribution in [1.82, 2.24) is 0 Å². The number of hydrogen-bond acceptors (Lipinski definition) is 3. The second-order valence-electron chi connectivity index (χ2n) is 6.23. The van der Waals surface area contributed by atoms with Crippen molar-refractivity contribution in [3.05, 3.63) is 72.3 Å². The van der Waals surface area contributed by atoms with Crippen LogP contribution in [0.5, 0.6) is 0 Å². The summed E-state index contributed by atoms with van der Waals surface area (Å²) in [5.41, 5.74) is 2.24. The van der Waals surface area contributed by atoms with Gasteiger partial charge in [0.15, 0.2) is 0 Å². The van der Waals surface area contributed by atoms with Crippen LogP contribution in [0.2, 0.25) is 0 Å². The average Bonchev–Trinajstić information content (AvgIpc) is 3.39. The molecule has 0 unspecified atom stereocenters. The van der Waals surface area contributed by atoms with Gasteiger partial charge in [0.25, 0.3) is 10.1 Å². The Balaban J connectivity index is 0.000000151. The van der Waals surface area contributed by atoms with Crippen LogP contribution in [0.3, 0.4) is 0 Å². The van der Waals surface area contributed by atoms with Gasteiger partial charge < -0.3 is 5.32 Å². The first kappa shape index (κ1) is 17.5. The van der Waals surface area contributed by atoms with Gasteiger partial charge in [0.05, 0.1) is 4.90 Å². The van der Waals surface area contributed by atoms with Crippen LogP contribution in [0.4, 0.5) is 5.69 Å². The minimum Gasteiger partial charge on any atom is -0.382 e. The molecule has 130 valence electrons. The van der Waals surface area contributed by atoms with Gasteiger partial charge in [0, 0.05) is 17.1 Å². The van der Waals surface area contributed by atoms with Crippen LogP contribution < -0.4 is 5.32 Å². The maximum absolute atomic E-state index is 10.5. The van der Waals surface area contributed by atoms with Crippen molar-refractivity contribution in [1.29, 1.82) is 0 Å². The lowest BCUT2D eigenvalue weighted by atomic mass is 10.1. The number of nitrogens with one attached hydrogen (secondary N) is 1. The molecular weight excluding hydrogens is 334 g/mol. The van der Waals surface area contributed by atoms with E-state index in [1.165, 1.54) is 41.4 Å². The summed E-state index contributed by atoms with van der Waals surface area (Å²) in [6, 6.07) is 21.7. The molecule has 0 saturated heterocycles. The van der Waals surface area contributed by atoms with E-state index in [4.69, 9.17) is 4.55 Å². The largest absolute Gasteiger partial charge is 0.382 e. The molecule has 0 amide bonds. The van der Waals surface area contributed by atoms with E-state index in [0.29, 0.717) is 0 Å². The van der Waals surface area contributed by atoms with Gasteiger partial charge in [-0.25, -0.2) is 0 Å². The molecule has 1 aliphatic rings. The van der Waals surface area contributed by atoms with Gasteiger partial charge in [-0.1, -0.05) is 54.1 Å². The van der Waals surface area contributed by atoms with Gasteiger partial charge in [0.2, 0.25) is 0 Å². The smallest absolute Gasteiger partial charge is 0.294 e. The standard InChI is InChI=1S/C13H13N.C7H8O3S/c1-2-6-12-10(4-1)5-3-7-13(12)14-11-8-9-11;1-6-2-4-7(5-3-6)11(8,9)10/h1-7,11,14H,8-9H2;2-5H,1H3,(H,8,9,10). The van der Waals surface area contributed by atoms with Crippen molar-refractivity contribution in [3.63, 3.8) is 0 Å². The minimum atomic E-state index is -4.02. The molecule has 0 bridgehead atoms. The number of rotatable bonds is 3. The number of aryl methyl sites for hydroxylation is 1. The van der Waals surface area contributed by atoms with E-state index < -0.39 is 10.1 Å². The lowest BCUT2D eigenvalue weighted by molar-refractivity contribution is 0.483. The second-order valence-corrected chi connectivity index (χ2v) is 7.65. The summed E-state index contributed by atoms with van der Waals surface area (Å²) in [6.45, 7) is 1.84. The zero-order chi connectivity index (χ0) is 17.9. The summed E-state index contributed by atoms with van der Waals surface area (Å²) in [5, 5.41) is 6.21. The monoisotopic (exact) mass is 355 g/mol. The van der Waals surface area contributed by atoms with E-state index in [-0.39, 0.29) is 4.90 Å². The zero-order valence-corrected chi connectivity index (χ0v) is 14.8. The second kappa shape index (κ2) is 7.25. The molecule has 0 aromatic heterocycles. The predicted octanol–water partition coefficient (Wildman–Crippen LogP) is 4.66. The Morgan fingerprint density at radius 2 is 1.56 bits per heavy atom. The fraction of sp³-hybridized carbons (Fsp3) is 0.200. The molecule has 0 heterocycles.